The van der Waals surface area contributed by atoms with Gasteiger partial charge in [0.2, 0.25) is 5.96 Å². The fraction of sp³-hybridized carbons (Fsp3) is 0.130. The average molecular weight is 509 g/mol. The number of methoxy groups -OCH3 is 1. The second kappa shape index (κ2) is 9.85. The van der Waals surface area contributed by atoms with Crippen LogP contribution >= 0.6 is 23.2 Å². The molecule has 35 heavy (non-hydrogen) atoms. The molecular formula is C23H18Cl2N8O2. The van der Waals surface area contributed by atoms with Crippen molar-refractivity contribution in [1.82, 2.24) is 10.3 Å². The van der Waals surface area contributed by atoms with E-state index >= 15 is 0 Å². The van der Waals surface area contributed by atoms with Crippen molar-refractivity contribution in [2.24, 2.45) is 4.99 Å². The number of guanidine groups is 1. The lowest BCUT2D eigenvalue weighted by Gasteiger charge is -2.27. The standard InChI is InChI=1S/C23H18Cl2N8O2/c1-34-16-7-2-4-11(20(16)35-9-13-14(24)5-3-6-15(13)25)19-17-18(28)12(8-26)21(29)32-22(17)33-23(31-19)30-10-27/h2-7,19H,9H2,1H3,(H6,28,29,30,31,32,33). The van der Waals surface area contributed by atoms with Crippen molar-refractivity contribution in [1.29, 1.82) is 10.5 Å². The van der Waals surface area contributed by atoms with Gasteiger partial charge in [-0.25, -0.2) is 9.98 Å². The summed E-state index contributed by atoms with van der Waals surface area (Å²) in [5, 5.41) is 24.9. The van der Waals surface area contributed by atoms with E-state index in [9.17, 15) is 5.26 Å². The Bertz CT molecular complexity index is 1410. The van der Waals surface area contributed by atoms with E-state index in [0.717, 1.165) is 0 Å². The van der Waals surface area contributed by atoms with Gasteiger partial charge in [0, 0.05) is 26.7 Å². The van der Waals surface area contributed by atoms with Crippen LogP contribution < -0.4 is 31.6 Å². The number of nitrogen functional groups attached to an aromatic ring is 2. The van der Waals surface area contributed by atoms with Gasteiger partial charge in [0.15, 0.2) is 17.7 Å². The number of nitrogens with zero attached hydrogens (tertiary/aromatic N) is 4. The molecule has 176 valence electrons. The first-order valence-corrected chi connectivity index (χ1v) is 10.9. The van der Waals surface area contributed by atoms with E-state index in [1.807, 2.05) is 12.3 Å². The van der Waals surface area contributed by atoms with Gasteiger partial charge in [-0.2, -0.15) is 10.5 Å². The Balaban J connectivity index is 1.88. The summed E-state index contributed by atoms with van der Waals surface area (Å²) in [6.45, 7) is 0.0373. The fourth-order valence-corrected chi connectivity index (χ4v) is 4.19. The summed E-state index contributed by atoms with van der Waals surface area (Å²) in [4.78, 5) is 8.86. The summed E-state index contributed by atoms with van der Waals surface area (Å²) in [6.07, 6.45) is 1.82. The van der Waals surface area contributed by atoms with E-state index in [1.54, 1.807) is 36.4 Å². The Morgan fingerprint density at radius 3 is 2.51 bits per heavy atom. The van der Waals surface area contributed by atoms with Gasteiger partial charge in [-0.15, -0.1) is 0 Å². The summed E-state index contributed by atoms with van der Waals surface area (Å²) in [6, 6.07) is 11.6. The van der Waals surface area contributed by atoms with E-state index in [4.69, 9.17) is 49.4 Å². The quantitative estimate of drug-likeness (QED) is 0.294. The number of nitrogens with one attached hydrogen (secondary N) is 2. The second-order valence-corrected chi connectivity index (χ2v) is 8.08. The van der Waals surface area contributed by atoms with Crippen molar-refractivity contribution in [3.05, 3.63) is 68.7 Å². The Kier molecular flexibility index (Phi) is 6.69. The Hall–Kier alpha value is -4.38. The minimum Gasteiger partial charge on any atom is -0.493 e. The number of halogens is 2. The highest BCUT2D eigenvalue weighted by Crippen LogP contribution is 2.46. The Labute approximate surface area is 210 Å². The second-order valence-electron chi connectivity index (χ2n) is 7.27. The third-order valence-corrected chi connectivity index (χ3v) is 6.01. The van der Waals surface area contributed by atoms with Crippen molar-refractivity contribution in [3.8, 4) is 23.8 Å². The lowest BCUT2D eigenvalue weighted by molar-refractivity contribution is 0.280. The monoisotopic (exact) mass is 508 g/mol. The molecule has 0 saturated carbocycles. The third kappa shape index (κ3) is 4.41. The predicted molar refractivity (Wildman–Crippen MR) is 133 cm³/mol. The van der Waals surface area contributed by atoms with Crippen LogP contribution in [0.2, 0.25) is 10.0 Å². The first kappa shape index (κ1) is 23.8. The predicted octanol–water partition coefficient (Wildman–Crippen LogP) is 3.95. The molecule has 6 N–H and O–H groups in total. The molecule has 0 radical (unpaired) electrons. The lowest BCUT2D eigenvalue weighted by atomic mass is 9.94. The molecule has 0 fully saturated rings. The number of nitrogens with two attached hydrogens (primary N) is 2. The molecule has 2 heterocycles. The number of anilines is 3. The molecule has 10 nitrogen and oxygen atoms in total. The van der Waals surface area contributed by atoms with Crippen LogP contribution in [0.1, 0.15) is 28.3 Å². The molecule has 0 spiro atoms. The first-order valence-electron chi connectivity index (χ1n) is 10.1. The van der Waals surface area contributed by atoms with Crippen molar-refractivity contribution >= 4 is 46.5 Å². The number of aromatic nitrogens is 1. The van der Waals surface area contributed by atoms with Gasteiger partial charge in [-0.05, 0) is 18.2 Å². The number of para-hydroxylation sites is 1. The summed E-state index contributed by atoms with van der Waals surface area (Å²) in [7, 11) is 1.50. The zero-order chi connectivity index (χ0) is 25.1. The van der Waals surface area contributed by atoms with Crippen LogP contribution in [0.15, 0.2) is 41.4 Å². The fourth-order valence-electron chi connectivity index (χ4n) is 3.68. The number of hydrogen-bond donors (Lipinski definition) is 4. The number of hydrogen-bond acceptors (Lipinski definition) is 10. The molecule has 0 aliphatic carbocycles. The molecule has 1 aliphatic rings. The molecule has 1 unspecified atom stereocenters. The highest BCUT2D eigenvalue weighted by atomic mass is 35.5. The van der Waals surface area contributed by atoms with E-state index < -0.39 is 6.04 Å². The van der Waals surface area contributed by atoms with Gasteiger partial charge >= 0.3 is 0 Å². The van der Waals surface area contributed by atoms with Gasteiger partial charge < -0.3 is 26.3 Å². The van der Waals surface area contributed by atoms with Crippen molar-refractivity contribution < 1.29 is 9.47 Å². The van der Waals surface area contributed by atoms with Gasteiger partial charge in [-0.1, -0.05) is 41.4 Å². The van der Waals surface area contributed by atoms with Crippen LogP contribution in [0.5, 0.6) is 11.5 Å². The van der Waals surface area contributed by atoms with Crippen LogP contribution in [0.25, 0.3) is 0 Å². The summed E-state index contributed by atoms with van der Waals surface area (Å²) >= 11 is 12.6. The number of aliphatic imine (C=N–C) groups is 1. The highest BCUT2D eigenvalue weighted by molar-refractivity contribution is 6.35. The number of ether oxygens (including phenoxy) is 2. The molecule has 1 atom stereocenters. The smallest absolute Gasteiger partial charge is 0.211 e. The Morgan fingerprint density at radius 1 is 1.14 bits per heavy atom. The van der Waals surface area contributed by atoms with Gasteiger partial charge in [0.25, 0.3) is 0 Å². The van der Waals surface area contributed by atoms with Gasteiger partial charge in [-0.3, -0.25) is 5.32 Å². The lowest BCUT2D eigenvalue weighted by Crippen LogP contribution is -2.33. The SMILES string of the molecule is COc1cccc(C2N=C(NC#N)Nc3nc(N)c(C#N)c(N)c32)c1OCc1c(Cl)cccc1Cl. The minimum atomic E-state index is -0.825. The topological polar surface area (TPSA) is 167 Å². The summed E-state index contributed by atoms with van der Waals surface area (Å²) in [5.74, 6) is 1.07. The van der Waals surface area contributed by atoms with Crippen LogP contribution in [0.4, 0.5) is 17.3 Å². The van der Waals surface area contributed by atoms with Gasteiger partial charge in [0.05, 0.1) is 12.8 Å². The normalized spacial score (nSPS) is 14.0. The number of benzene rings is 2. The number of fused-ring (bicyclic) bond motifs is 1. The van der Waals surface area contributed by atoms with Crippen molar-refractivity contribution in [3.63, 3.8) is 0 Å². The minimum absolute atomic E-state index is 0.0238. The molecule has 1 aliphatic heterocycles. The van der Waals surface area contributed by atoms with E-state index in [-0.39, 0.29) is 35.5 Å². The molecular weight excluding hydrogens is 491 g/mol. The maximum Gasteiger partial charge on any atom is 0.211 e. The molecule has 12 heteroatoms. The Morgan fingerprint density at radius 2 is 1.86 bits per heavy atom. The zero-order valence-electron chi connectivity index (χ0n) is 18.3. The van der Waals surface area contributed by atoms with Crippen LogP contribution in [0.3, 0.4) is 0 Å². The molecule has 0 saturated heterocycles. The number of rotatable bonds is 5. The molecule has 4 rings (SSSR count). The third-order valence-electron chi connectivity index (χ3n) is 5.30. The summed E-state index contributed by atoms with van der Waals surface area (Å²) in [5.41, 5.74) is 13.9. The average Bonchev–Trinajstić information content (AvgIpc) is 2.83. The summed E-state index contributed by atoms with van der Waals surface area (Å²) < 4.78 is 11.7. The molecule has 2 aromatic carbocycles. The van der Waals surface area contributed by atoms with E-state index in [0.29, 0.717) is 38.2 Å². The van der Waals surface area contributed by atoms with Crippen LogP contribution in [-0.2, 0) is 6.61 Å². The molecule has 0 amide bonds. The van der Waals surface area contributed by atoms with Crippen molar-refractivity contribution in [2.75, 3.05) is 23.9 Å². The zero-order valence-corrected chi connectivity index (χ0v) is 19.8. The maximum atomic E-state index is 9.56. The molecule has 0 bridgehead atoms. The molecule has 1 aromatic heterocycles. The van der Waals surface area contributed by atoms with Crippen LogP contribution in [-0.4, -0.2) is 18.1 Å². The van der Waals surface area contributed by atoms with Gasteiger partial charge in [0.1, 0.15) is 35.9 Å². The largest absolute Gasteiger partial charge is 0.493 e. The number of nitriles is 2. The van der Waals surface area contributed by atoms with Crippen molar-refractivity contribution in [2.45, 2.75) is 12.6 Å². The van der Waals surface area contributed by atoms with E-state index in [1.165, 1.54) is 7.11 Å². The number of pyridine rings is 1. The van der Waals surface area contributed by atoms with E-state index in [2.05, 4.69) is 20.6 Å². The maximum absolute atomic E-state index is 9.56. The van der Waals surface area contributed by atoms with Crippen LogP contribution in [0, 0.1) is 22.8 Å². The molecule has 3 aromatic rings. The highest BCUT2D eigenvalue weighted by Gasteiger charge is 2.32. The first-order chi connectivity index (χ1) is 16.9.